The fourth-order valence-electron chi connectivity index (χ4n) is 4.07. The Morgan fingerprint density at radius 2 is 1.41 bits per heavy atom. The van der Waals surface area contributed by atoms with Gasteiger partial charge in [0.05, 0.1) is 25.0 Å². The van der Waals surface area contributed by atoms with E-state index >= 15 is 0 Å². The zero-order valence-electron chi connectivity index (χ0n) is 18.4. The van der Waals surface area contributed by atoms with E-state index in [1.165, 1.54) is 14.2 Å². The lowest BCUT2D eigenvalue weighted by atomic mass is 9.90. The number of benzene rings is 2. The van der Waals surface area contributed by atoms with Crippen LogP contribution in [0.3, 0.4) is 0 Å². The highest BCUT2D eigenvalue weighted by atomic mass is 16.5. The standard InChI is InChI=1S/C25H22NO6/c1-13-19(24(28)30-4)21(20(25(29)31-5)14(2)26(13)3)16-10-8-11-17-22(27)15-9-6-7-12-18(15)32-23(16)17/h6-12H,1-5H3/q+1. The van der Waals surface area contributed by atoms with Gasteiger partial charge in [-0.25, -0.2) is 14.2 Å². The van der Waals surface area contributed by atoms with Crippen LogP contribution < -0.4 is 10.00 Å². The fraction of sp³-hybridized carbons (Fsp3) is 0.200. The molecule has 0 radical (unpaired) electrons. The Balaban J connectivity index is 2.27. The Bertz CT molecular complexity index is 1440. The van der Waals surface area contributed by atoms with Gasteiger partial charge < -0.3 is 13.9 Å². The van der Waals surface area contributed by atoms with Crippen molar-refractivity contribution in [3.8, 4) is 11.1 Å². The van der Waals surface area contributed by atoms with Crippen molar-refractivity contribution in [2.45, 2.75) is 13.8 Å². The van der Waals surface area contributed by atoms with E-state index in [2.05, 4.69) is 0 Å². The summed E-state index contributed by atoms with van der Waals surface area (Å²) in [5, 5.41) is 0.793. The molecular weight excluding hydrogens is 410 g/mol. The van der Waals surface area contributed by atoms with Gasteiger partial charge in [-0.05, 0) is 18.2 Å². The van der Waals surface area contributed by atoms with Crippen LogP contribution in [-0.2, 0) is 16.5 Å². The highest BCUT2D eigenvalue weighted by Gasteiger charge is 2.34. The van der Waals surface area contributed by atoms with Crippen molar-refractivity contribution in [3.63, 3.8) is 0 Å². The Hall–Kier alpha value is -4.00. The minimum Gasteiger partial charge on any atom is -0.465 e. The van der Waals surface area contributed by atoms with Crippen molar-refractivity contribution in [1.29, 1.82) is 0 Å². The lowest BCUT2D eigenvalue weighted by Crippen LogP contribution is -2.40. The average Bonchev–Trinajstić information content (AvgIpc) is 2.81. The van der Waals surface area contributed by atoms with E-state index in [4.69, 9.17) is 13.9 Å². The molecule has 0 aliphatic carbocycles. The molecule has 7 nitrogen and oxygen atoms in total. The van der Waals surface area contributed by atoms with Crippen molar-refractivity contribution >= 4 is 33.9 Å². The number of fused-ring (bicyclic) bond motifs is 2. The largest absolute Gasteiger partial charge is 0.465 e. The van der Waals surface area contributed by atoms with Crippen molar-refractivity contribution in [3.05, 3.63) is 75.2 Å². The van der Waals surface area contributed by atoms with Gasteiger partial charge in [-0.2, -0.15) is 0 Å². The molecule has 0 atom stereocenters. The van der Waals surface area contributed by atoms with E-state index in [-0.39, 0.29) is 22.1 Å². The van der Waals surface area contributed by atoms with Crippen LogP contribution in [0.2, 0.25) is 0 Å². The van der Waals surface area contributed by atoms with Crippen LogP contribution >= 0.6 is 0 Å². The minimum atomic E-state index is -0.613. The van der Waals surface area contributed by atoms with Crippen molar-refractivity contribution < 1.29 is 28.0 Å². The maximum absolute atomic E-state index is 13.2. The van der Waals surface area contributed by atoms with Gasteiger partial charge in [0.15, 0.2) is 11.4 Å². The third-order valence-corrected chi connectivity index (χ3v) is 5.88. The van der Waals surface area contributed by atoms with Crippen LogP contribution in [0.25, 0.3) is 33.1 Å². The summed E-state index contributed by atoms with van der Waals surface area (Å²) in [7, 11) is 4.31. The van der Waals surface area contributed by atoms with E-state index < -0.39 is 11.9 Å². The van der Waals surface area contributed by atoms with Crippen LogP contribution in [0, 0.1) is 13.8 Å². The number of hydrogen-bond acceptors (Lipinski definition) is 6. The summed E-state index contributed by atoms with van der Waals surface area (Å²) >= 11 is 0. The Labute approximate surface area is 183 Å². The summed E-state index contributed by atoms with van der Waals surface area (Å²) in [6.45, 7) is 3.53. The molecule has 0 saturated carbocycles. The van der Waals surface area contributed by atoms with Crippen molar-refractivity contribution in [2.24, 2.45) is 7.05 Å². The number of carbonyl (C=O) groups excluding carboxylic acids is 2. The maximum atomic E-state index is 13.2. The molecule has 0 aliphatic rings. The van der Waals surface area contributed by atoms with E-state index in [1.54, 1.807) is 67.9 Å². The zero-order chi connectivity index (χ0) is 23.2. The number of aromatic nitrogens is 1. The van der Waals surface area contributed by atoms with Crippen molar-refractivity contribution in [2.75, 3.05) is 14.2 Å². The molecule has 0 spiro atoms. The smallest absolute Gasteiger partial charge is 0.344 e. The molecule has 4 rings (SSSR count). The normalized spacial score (nSPS) is 11.0. The summed E-state index contributed by atoms with van der Waals surface area (Å²) < 4.78 is 18.0. The van der Waals surface area contributed by atoms with Gasteiger partial charge >= 0.3 is 11.9 Å². The summed E-state index contributed by atoms with van der Waals surface area (Å²) in [5.74, 6) is -1.23. The number of ether oxygens (including phenoxy) is 2. The van der Waals surface area contributed by atoms with E-state index in [9.17, 15) is 14.4 Å². The predicted octanol–water partition coefficient (Wildman–Crippen LogP) is 3.63. The molecular formula is C25H22NO6+. The number of hydrogen-bond donors (Lipinski definition) is 0. The second-order valence-corrected chi connectivity index (χ2v) is 7.45. The van der Waals surface area contributed by atoms with Gasteiger partial charge in [-0.1, -0.05) is 24.3 Å². The molecule has 0 bridgehead atoms. The Morgan fingerprint density at radius 1 is 0.844 bits per heavy atom. The molecule has 162 valence electrons. The summed E-state index contributed by atoms with van der Waals surface area (Å²) in [5.41, 5.74) is 2.81. The highest BCUT2D eigenvalue weighted by Crippen LogP contribution is 2.36. The van der Waals surface area contributed by atoms with Gasteiger partial charge in [0.1, 0.15) is 29.3 Å². The first-order valence-electron chi connectivity index (χ1n) is 9.96. The Morgan fingerprint density at radius 3 is 2.00 bits per heavy atom. The van der Waals surface area contributed by atoms with Crippen molar-refractivity contribution in [1.82, 2.24) is 0 Å². The van der Waals surface area contributed by atoms with Crippen LogP contribution in [0.15, 0.2) is 51.7 Å². The molecule has 2 heterocycles. The molecule has 32 heavy (non-hydrogen) atoms. The predicted molar refractivity (Wildman–Crippen MR) is 119 cm³/mol. The average molecular weight is 432 g/mol. The molecule has 4 aromatic rings. The molecule has 0 amide bonds. The third kappa shape index (κ3) is 3.05. The third-order valence-electron chi connectivity index (χ3n) is 5.88. The molecule has 7 heteroatoms. The number of carbonyl (C=O) groups is 2. The molecule has 0 N–H and O–H groups in total. The Kier molecular flexibility index (Phi) is 5.26. The second kappa shape index (κ2) is 7.92. The van der Waals surface area contributed by atoms with E-state index in [0.29, 0.717) is 38.9 Å². The first kappa shape index (κ1) is 21.2. The quantitative estimate of drug-likeness (QED) is 0.279. The van der Waals surface area contributed by atoms with Crippen LogP contribution in [0.5, 0.6) is 0 Å². The number of esters is 2. The number of methoxy groups -OCH3 is 2. The maximum Gasteiger partial charge on any atom is 0.344 e. The number of para-hydroxylation sites is 2. The molecule has 0 saturated heterocycles. The zero-order valence-corrected chi connectivity index (χ0v) is 18.4. The fourth-order valence-corrected chi connectivity index (χ4v) is 4.07. The van der Waals surface area contributed by atoms with Crippen LogP contribution in [0.4, 0.5) is 0 Å². The molecule has 0 fully saturated rings. The highest BCUT2D eigenvalue weighted by molar-refractivity contribution is 6.10. The summed E-state index contributed by atoms with van der Waals surface area (Å²) in [6.07, 6.45) is 0. The molecule has 0 aliphatic heterocycles. The summed E-state index contributed by atoms with van der Waals surface area (Å²) in [6, 6.07) is 12.0. The number of nitrogens with zero attached hydrogens (tertiary/aromatic N) is 1. The second-order valence-electron chi connectivity index (χ2n) is 7.45. The SMILES string of the molecule is COC(=O)c1c(-c2cccc3c(=O)c4ccccc4oc23)c(C(=O)OC)c(C)[n+](C)c1C. The first-order valence-corrected chi connectivity index (χ1v) is 9.96. The van der Waals surface area contributed by atoms with Gasteiger partial charge in [0, 0.05) is 25.0 Å². The van der Waals surface area contributed by atoms with E-state index in [0.717, 1.165) is 0 Å². The van der Waals surface area contributed by atoms with Crippen LogP contribution in [0.1, 0.15) is 32.1 Å². The van der Waals surface area contributed by atoms with Gasteiger partial charge in [0.2, 0.25) is 5.43 Å². The monoisotopic (exact) mass is 432 g/mol. The first-order chi connectivity index (χ1) is 15.3. The topological polar surface area (TPSA) is 86.7 Å². The minimum absolute atomic E-state index is 0.196. The lowest BCUT2D eigenvalue weighted by Gasteiger charge is -2.17. The van der Waals surface area contributed by atoms with Gasteiger partial charge in [0.25, 0.3) is 0 Å². The van der Waals surface area contributed by atoms with E-state index in [1.807, 2.05) is 0 Å². The molecule has 2 aromatic carbocycles. The van der Waals surface area contributed by atoms with Gasteiger partial charge in [-0.15, -0.1) is 0 Å². The summed E-state index contributed by atoms with van der Waals surface area (Å²) in [4.78, 5) is 38.9. The lowest BCUT2D eigenvalue weighted by molar-refractivity contribution is -0.683. The molecule has 2 aromatic heterocycles. The van der Waals surface area contributed by atoms with Crippen LogP contribution in [-0.4, -0.2) is 26.2 Å². The number of pyridine rings is 1. The van der Waals surface area contributed by atoms with Gasteiger partial charge in [-0.3, -0.25) is 4.79 Å². The number of rotatable bonds is 3. The molecule has 0 unspecified atom stereocenters.